The molecule has 1 aliphatic rings. The van der Waals surface area contributed by atoms with Crippen molar-refractivity contribution in [3.63, 3.8) is 0 Å². The van der Waals surface area contributed by atoms with Crippen LogP contribution in [-0.2, 0) is 24.1 Å². The van der Waals surface area contributed by atoms with E-state index in [-0.39, 0.29) is 11.9 Å². The maximum atomic E-state index is 13.7. The Bertz CT molecular complexity index is 1540. The lowest BCUT2D eigenvalue weighted by Crippen LogP contribution is -2.41. The lowest BCUT2D eigenvalue weighted by Gasteiger charge is -2.39. The van der Waals surface area contributed by atoms with Gasteiger partial charge in [0.1, 0.15) is 17.8 Å². The van der Waals surface area contributed by atoms with Crippen molar-refractivity contribution in [3.05, 3.63) is 94.4 Å². The third-order valence-electron chi connectivity index (χ3n) is 7.78. The number of carbonyl (C=O) groups is 1. The SMILES string of the molecule is COc1ccc(C2c3cc(OCCc4ccc(N)c(OC)c4)c(OC)cc3CCN2C(=O)CCc2ccon2)c(C)c1. The number of amides is 1. The third kappa shape index (κ3) is 6.15. The Morgan fingerprint density at radius 2 is 1.79 bits per heavy atom. The molecule has 0 fully saturated rings. The van der Waals surface area contributed by atoms with Gasteiger partial charge in [0, 0.05) is 31.9 Å². The van der Waals surface area contributed by atoms with Crippen LogP contribution in [0.4, 0.5) is 5.69 Å². The third-order valence-corrected chi connectivity index (χ3v) is 7.78. The van der Waals surface area contributed by atoms with Crippen LogP contribution in [0, 0.1) is 6.92 Å². The molecule has 1 atom stereocenters. The maximum absolute atomic E-state index is 13.7. The quantitative estimate of drug-likeness (QED) is 0.241. The van der Waals surface area contributed by atoms with Gasteiger partial charge in [-0.15, -0.1) is 0 Å². The van der Waals surface area contributed by atoms with E-state index in [0.717, 1.165) is 39.3 Å². The fourth-order valence-corrected chi connectivity index (χ4v) is 5.52. The summed E-state index contributed by atoms with van der Waals surface area (Å²) >= 11 is 0. The first kappa shape index (κ1) is 28.9. The summed E-state index contributed by atoms with van der Waals surface area (Å²) in [5, 5.41) is 3.97. The van der Waals surface area contributed by atoms with Crippen LogP contribution in [0.15, 0.2) is 65.4 Å². The molecule has 0 spiro atoms. The number of benzene rings is 3. The second-order valence-electron chi connectivity index (χ2n) is 10.3. The zero-order valence-corrected chi connectivity index (χ0v) is 24.5. The van der Waals surface area contributed by atoms with E-state index in [9.17, 15) is 4.79 Å². The topological polar surface area (TPSA) is 109 Å². The number of aryl methyl sites for hydroxylation is 2. The molecule has 2 N–H and O–H groups in total. The number of ether oxygens (including phenoxy) is 4. The van der Waals surface area contributed by atoms with Gasteiger partial charge in [0.25, 0.3) is 0 Å². The molecule has 0 saturated heterocycles. The largest absolute Gasteiger partial charge is 0.497 e. The van der Waals surface area contributed by atoms with Gasteiger partial charge in [0.2, 0.25) is 5.91 Å². The Kier molecular flexibility index (Phi) is 8.85. The van der Waals surface area contributed by atoms with Crippen LogP contribution in [0.1, 0.15) is 46.0 Å². The average Bonchev–Trinajstić information content (AvgIpc) is 3.53. The molecule has 1 unspecified atom stereocenters. The van der Waals surface area contributed by atoms with E-state index < -0.39 is 0 Å². The van der Waals surface area contributed by atoms with E-state index in [2.05, 4.69) is 5.16 Å². The lowest BCUT2D eigenvalue weighted by atomic mass is 9.85. The maximum Gasteiger partial charge on any atom is 0.223 e. The molecule has 9 nitrogen and oxygen atoms in total. The average molecular weight is 572 g/mol. The number of carbonyl (C=O) groups excluding carboxylic acids is 1. The molecule has 1 amide bonds. The fraction of sp³-hybridized carbons (Fsp3) is 0.333. The number of hydrogen-bond donors (Lipinski definition) is 1. The molecule has 9 heteroatoms. The molecule has 0 aliphatic carbocycles. The number of rotatable bonds is 11. The molecule has 42 heavy (non-hydrogen) atoms. The number of fused-ring (bicyclic) bond motifs is 1. The summed E-state index contributed by atoms with van der Waals surface area (Å²) in [4.78, 5) is 15.7. The van der Waals surface area contributed by atoms with Crippen molar-refractivity contribution in [1.29, 1.82) is 0 Å². The van der Waals surface area contributed by atoms with Crippen molar-refractivity contribution in [2.24, 2.45) is 0 Å². The predicted molar refractivity (Wildman–Crippen MR) is 159 cm³/mol. The number of aromatic nitrogens is 1. The van der Waals surface area contributed by atoms with E-state index in [1.807, 2.05) is 60.4 Å². The van der Waals surface area contributed by atoms with Crippen molar-refractivity contribution in [3.8, 4) is 23.0 Å². The van der Waals surface area contributed by atoms with Crippen LogP contribution in [0.2, 0.25) is 0 Å². The van der Waals surface area contributed by atoms with Crippen molar-refractivity contribution in [2.75, 3.05) is 40.2 Å². The normalized spacial score (nSPS) is 14.3. The predicted octanol–water partition coefficient (Wildman–Crippen LogP) is 5.32. The summed E-state index contributed by atoms with van der Waals surface area (Å²) in [7, 11) is 4.90. The minimum absolute atomic E-state index is 0.0550. The molecule has 4 aromatic rings. The first-order valence-corrected chi connectivity index (χ1v) is 14.0. The van der Waals surface area contributed by atoms with E-state index in [0.29, 0.717) is 61.8 Å². The summed E-state index contributed by atoms with van der Waals surface area (Å²) in [6, 6.07) is 17.3. The molecule has 1 aromatic heterocycles. The zero-order valence-electron chi connectivity index (χ0n) is 24.5. The van der Waals surface area contributed by atoms with E-state index in [4.69, 9.17) is 29.2 Å². The molecule has 0 radical (unpaired) electrons. The van der Waals surface area contributed by atoms with Crippen LogP contribution in [0.3, 0.4) is 0 Å². The van der Waals surface area contributed by atoms with Gasteiger partial charge < -0.3 is 34.1 Å². The standard InChI is InChI=1S/C33H37N3O6/c1-21-17-25(38-2)7-8-26(21)33-27-20-31(41-15-12-22-5-9-28(34)29(18-22)39-3)30(40-4)19-23(27)11-14-36(33)32(37)10-6-24-13-16-42-35-24/h5,7-9,13,16-20,33H,6,10-12,14-15,34H2,1-4H3. The summed E-state index contributed by atoms with van der Waals surface area (Å²) < 4.78 is 27.8. The monoisotopic (exact) mass is 571 g/mol. The molecule has 220 valence electrons. The van der Waals surface area contributed by atoms with Crippen molar-refractivity contribution < 1.29 is 28.3 Å². The Morgan fingerprint density at radius 3 is 2.50 bits per heavy atom. The second kappa shape index (κ2) is 12.9. The van der Waals surface area contributed by atoms with Gasteiger partial charge in [-0.25, -0.2) is 0 Å². The van der Waals surface area contributed by atoms with Crippen molar-refractivity contribution >= 4 is 11.6 Å². The first-order chi connectivity index (χ1) is 20.4. The highest BCUT2D eigenvalue weighted by Gasteiger charge is 2.34. The number of nitrogens with two attached hydrogens (primary N) is 1. The van der Waals surface area contributed by atoms with Gasteiger partial charge in [0.15, 0.2) is 11.5 Å². The zero-order chi connectivity index (χ0) is 29.6. The fourth-order valence-electron chi connectivity index (χ4n) is 5.52. The Morgan fingerprint density at radius 1 is 0.952 bits per heavy atom. The molecule has 5 rings (SSSR count). The molecule has 2 heterocycles. The minimum Gasteiger partial charge on any atom is -0.497 e. The highest BCUT2D eigenvalue weighted by molar-refractivity contribution is 5.78. The van der Waals surface area contributed by atoms with Crippen LogP contribution >= 0.6 is 0 Å². The van der Waals surface area contributed by atoms with Crippen molar-refractivity contribution in [2.45, 2.75) is 38.6 Å². The summed E-state index contributed by atoms with van der Waals surface area (Å²) in [6.45, 7) is 3.06. The van der Waals surface area contributed by atoms with Gasteiger partial charge >= 0.3 is 0 Å². The molecular weight excluding hydrogens is 534 g/mol. The molecule has 0 saturated carbocycles. The number of anilines is 1. The van der Waals surface area contributed by atoms with Gasteiger partial charge in [-0.05, 0) is 77.6 Å². The van der Waals surface area contributed by atoms with Gasteiger partial charge in [-0.3, -0.25) is 4.79 Å². The van der Waals surface area contributed by atoms with Crippen LogP contribution < -0.4 is 24.7 Å². The summed E-state index contributed by atoms with van der Waals surface area (Å²) in [5.41, 5.74) is 12.6. The van der Waals surface area contributed by atoms with Crippen LogP contribution in [0.5, 0.6) is 23.0 Å². The van der Waals surface area contributed by atoms with Gasteiger partial charge in [-0.1, -0.05) is 17.3 Å². The van der Waals surface area contributed by atoms with E-state index in [1.54, 1.807) is 27.4 Å². The number of nitrogens with zero attached hydrogens (tertiary/aromatic N) is 2. The Hall–Kier alpha value is -4.66. The molecular formula is C33H37N3O6. The van der Waals surface area contributed by atoms with Crippen LogP contribution in [-0.4, -0.2) is 50.4 Å². The Balaban J connectivity index is 1.46. The van der Waals surface area contributed by atoms with Crippen LogP contribution in [0.25, 0.3) is 0 Å². The molecule has 3 aromatic carbocycles. The highest BCUT2D eigenvalue weighted by Crippen LogP contribution is 2.43. The van der Waals surface area contributed by atoms with E-state index in [1.165, 1.54) is 6.26 Å². The van der Waals surface area contributed by atoms with Gasteiger partial charge in [0.05, 0.1) is 45.4 Å². The van der Waals surface area contributed by atoms with E-state index >= 15 is 0 Å². The first-order valence-electron chi connectivity index (χ1n) is 14.0. The molecule has 1 aliphatic heterocycles. The number of hydrogen-bond acceptors (Lipinski definition) is 8. The second-order valence-corrected chi connectivity index (χ2v) is 10.3. The lowest BCUT2D eigenvalue weighted by molar-refractivity contribution is -0.133. The summed E-state index contributed by atoms with van der Waals surface area (Å²) in [6.07, 6.45) is 3.74. The minimum atomic E-state index is -0.293. The van der Waals surface area contributed by atoms with Crippen molar-refractivity contribution in [1.82, 2.24) is 10.1 Å². The highest BCUT2D eigenvalue weighted by atomic mass is 16.5. The number of nitrogen functional groups attached to an aromatic ring is 1. The molecule has 0 bridgehead atoms. The summed E-state index contributed by atoms with van der Waals surface area (Å²) in [5.74, 6) is 2.77. The smallest absolute Gasteiger partial charge is 0.223 e. The number of methoxy groups -OCH3 is 3. The Labute approximate surface area is 246 Å². The van der Waals surface area contributed by atoms with Gasteiger partial charge in [-0.2, -0.15) is 0 Å².